The average Bonchev–Trinajstić information content (AvgIpc) is 2.24. The third-order valence-corrected chi connectivity index (χ3v) is 1.10. The largest absolute Gasteiger partial charge is 0.383 e. The van der Waals surface area contributed by atoms with Gasteiger partial charge in [0.15, 0.2) is 11.6 Å². The molecule has 0 saturated heterocycles. The molecule has 0 aliphatic carbocycles. The molecular weight excluding hydrogens is 186 g/mol. The Hall–Kier alpha value is -1.19. The summed E-state index contributed by atoms with van der Waals surface area (Å²) in [4.78, 5) is 3.30. The highest BCUT2D eigenvalue weighted by Crippen LogP contribution is 2.14. The summed E-state index contributed by atoms with van der Waals surface area (Å²) in [5.41, 5.74) is -0.144. The van der Waals surface area contributed by atoms with Gasteiger partial charge in [0.1, 0.15) is 5.69 Å². The monoisotopic (exact) mass is 204 g/mol. The number of pyridine rings is 1. The summed E-state index contributed by atoms with van der Waals surface area (Å²) in [6, 6.07) is 0. The summed E-state index contributed by atoms with van der Waals surface area (Å²) < 4.78 is 25.0. The number of nitrogens with one attached hydrogen (secondary N) is 1. The molecule has 2 nitrogen and oxygen atoms in total. The SMILES string of the molecule is CC.CC.CNc1c(F)cncc1F. The van der Waals surface area contributed by atoms with Crippen LogP contribution >= 0.6 is 0 Å². The predicted octanol–water partition coefficient (Wildman–Crippen LogP) is 3.45. The van der Waals surface area contributed by atoms with E-state index in [1.54, 1.807) is 0 Å². The van der Waals surface area contributed by atoms with E-state index in [9.17, 15) is 8.78 Å². The van der Waals surface area contributed by atoms with Crippen LogP contribution in [-0.2, 0) is 0 Å². The van der Waals surface area contributed by atoms with Gasteiger partial charge < -0.3 is 5.32 Å². The smallest absolute Gasteiger partial charge is 0.167 e. The van der Waals surface area contributed by atoms with Crippen molar-refractivity contribution in [3.8, 4) is 0 Å². The summed E-state index contributed by atoms with van der Waals surface area (Å²) >= 11 is 0. The lowest BCUT2D eigenvalue weighted by Gasteiger charge is -2.00. The van der Waals surface area contributed by atoms with Gasteiger partial charge in [-0.2, -0.15) is 0 Å². The number of hydrogen-bond donors (Lipinski definition) is 1. The highest BCUT2D eigenvalue weighted by atomic mass is 19.1. The first kappa shape index (κ1) is 15.3. The van der Waals surface area contributed by atoms with Crippen LogP contribution in [0.5, 0.6) is 0 Å². The minimum Gasteiger partial charge on any atom is -0.383 e. The van der Waals surface area contributed by atoms with E-state index in [0.29, 0.717) is 0 Å². The van der Waals surface area contributed by atoms with Crippen LogP contribution in [0.15, 0.2) is 12.4 Å². The Labute approximate surface area is 84.4 Å². The average molecular weight is 204 g/mol. The fraction of sp³-hybridized carbons (Fsp3) is 0.500. The van der Waals surface area contributed by atoms with Crippen molar-refractivity contribution in [2.45, 2.75) is 27.7 Å². The van der Waals surface area contributed by atoms with Crippen molar-refractivity contribution in [2.75, 3.05) is 12.4 Å². The highest BCUT2D eigenvalue weighted by molar-refractivity contribution is 5.43. The van der Waals surface area contributed by atoms with E-state index in [0.717, 1.165) is 12.4 Å². The first-order chi connectivity index (χ1) is 6.75. The summed E-state index contributed by atoms with van der Waals surface area (Å²) in [7, 11) is 1.45. The molecule has 0 aliphatic rings. The number of hydrogen-bond acceptors (Lipinski definition) is 2. The van der Waals surface area contributed by atoms with Crippen molar-refractivity contribution in [1.82, 2.24) is 4.98 Å². The molecule has 1 aromatic rings. The van der Waals surface area contributed by atoms with Crippen LogP contribution in [0.1, 0.15) is 27.7 Å². The van der Waals surface area contributed by atoms with Crippen LogP contribution < -0.4 is 5.32 Å². The van der Waals surface area contributed by atoms with Gasteiger partial charge in [0.2, 0.25) is 0 Å². The lowest BCUT2D eigenvalue weighted by atomic mass is 10.4. The minimum absolute atomic E-state index is 0.144. The lowest BCUT2D eigenvalue weighted by Crippen LogP contribution is -1.96. The van der Waals surface area contributed by atoms with Gasteiger partial charge in [-0.1, -0.05) is 27.7 Å². The maximum absolute atomic E-state index is 12.5. The second-order valence-corrected chi connectivity index (χ2v) is 1.73. The molecule has 0 spiro atoms. The van der Waals surface area contributed by atoms with E-state index in [-0.39, 0.29) is 5.69 Å². The standard InChI is InChI=1S/C6H6F2N2.2C2H6/c1-9-6-4(7)2-10-3-5(6)8;2*1-2/h2-3H,1H3,(H,9,10);2*1-2H3. The normalized spacial score (nSPS) is 7.64. The van der Waals surface area contributed by atoms with E-state index in [1.807, 2.05) is 27.7 Å². The van der Waals surface area contributed by atoms with Crippen LogP contribution in [-0.4, -0.2) is 12.0 Å². The lowest BCUT2D eigenvalue weighted by molar-refractivity contribution is 0.580. The van der Waals surface area contributed by atoms with E-state index in [4.69, 9.17) is 0 Å². The van der Waals surface area contributed by atoms with Crippen LogP contribution in [0.2, 0.25) is 0 Å². The molecule has 82 valence electrons. The minimum atomic E-state index is -0.678. The van der Waals surface area contributed by atoms with Gasteiger partial charge in [0.25, 0.3) is 0 Å². The second-order valence-electron chi connectivity index (χ2n) is 1.73. The molecule has 0 aromatic carbocycles. The summed E-state index contributed by atoms with van der Waals surface area (Å²) in [5.74, 6) is -1.36. The molecule has 0 saturated carbocycles. The zero-order valence-corrected chi connectivity index (χ0v) is 9.36. The number of halogens is 2. The van der Waals surface area contributed by atoms with Crippen molar-refractivity contribution < 1.29 is 8.78 Å². The Morgan fingerprint density at radius 3 is 1.57 bits per heavy atom. The molecule has 0 radical (unpaired) electrons. The predicted molar refractivity (Wildman–Crippen MR) is 56.4 cm³/mol. The van der Waals surface area contributed by atoms with Gasteiger partial charge in [0.05, 0.1) is 12.4 Å². The fourth-order valence-corrected chi connectivity index (χ4v) is 0.650. The Balaban J connectivity index is 0. The van der Waals surface area contributed by atoms with Crippen LogP contribution in [0.25, 0.3) is 0 Å². The van der Waals surface area contributed by atoms with Crippen molar-refractivity contribution in [3.05, 3.63) is 24.0 Å². The first-order valence-electron chi connectivity index (χ1n) is 4.72. The van der Waals surface area contributed by atoms with Crippen molar-refractivity contribution >= 4 is 5.69 Å². The van der Waals surface area contributed by atoms with E-state index >= 15 is 0 Å². The maximum Gasteiger partial charge on any atom is 0.167 e. The Kier molecular flexibility index (Phi) is 10.8. The number of nitrogens with zero attached hydrogens (tertiary/aromatic N) is 1. The number of rotatable bonds is 1. The highest BCUT2D eigenvalue weighted by Gasteiger charge is 2.04. The quantitative estimate of drug-likeness (QED) is 0.757. The van der Waals surface area contributed by atoms with Gasteiger partial charge in [-0.25, -0.2) is 8.78 Å². The van der Waals surface area contributed by atoms with E-state index < -0.39 is 11.6 Å². The van der Waals surface area contributed by atoms with Gasteiger partial charge in [-0.05, 0) is 0 Å². The van der Waals surface area contributed by atoms with Crippen molar-refractivity contribution in [2.24, 2.45) is 0 Å². The fourth-order valence-electron chi connectivity index (χ4n) is 0.650. The van der Waals surface area contributed by atoms with Crippen molar-refractivity contribution in [3.63, 3.8) is 0 Å². The van der Waals surface area contributed by atoms with Crippen LogP contribution in [0.3, 0.4) is 0 Å². The molecule has 1 heterocycles. The topological polar surface area (TPSA) is 24.9 Å². The summed E-state index contributed by atoms with van der Waals surface area (Å²) in [6.45, 7) is 8.00. The third-order valence-electron chi connectivity index (χ3n) is 1.10. The molecule has 4 heteroatoms. The van der Waals surface area contributed by atoms with Gasteiger partial charge in [-0.3, -0.25) is 4.98 Å². The zero-order valence-electron chi connectivity index (χ0n) is 9.36. The molecule has 0 aliphatic heterocycles. The van der Waals surface area contributed by atoms with Gasteiger partial charge >= 0.3 is 0 Å². The molecule has 0 bridgehead atoms. The van der Waals surface area contributed by atoms with Crippen molar-refractivity contribution in [1.29, 1.82) is 0 Å². The zero-order chi connectivity index (χ0) is 11.6. The molecule has 1 N–H and O–H groups in total. The molecule has 0 amide bonds. The second kappa shape index (κ2) is 9.89. The Morgan fingerprint density at radius 2 is 1.36 bits per heavy atom. The summed E-state index contributed by atoms with van der Waals surface area (Å²) in [5, 5.41) is 2.37. The third kappa shape index (κ3) is 4.74. The maximum atomic E-state index is 12.5. The molecular formula is C10H18F2N2. The number of aromatic nitrogens is 1. The van der Waals surface area contributed by atoms with Crippen LogP contribution in [0.4, 0.5) is 14.5 Å². The molecule has 0 unspecified atom stereocenters. The Morgan fingerprint density at radius 1 is 1.00 bits per heavy atom. The molecule has 14 heavy (non-hydrogen) atoms. The molecule has 0 fully saturated rings. The first-order valence-corrected chi connectivity index (χ1v) is 4.72. The van der Waals surface area contributed by atoms with Gasteiger partial charge in [0, 0.05) is 7.05 Å². The molecule has 0 atom stereocenters. The van der Waals surface area contributed by atoms with E-state index in [2.05, 4.69) is 10.3 Å². The van der Waals surface area contributed by atoms with Crippen LogP contribution in [0, 0.1) is 11.6 Å². The molecule has 1 rings (SSSR count). The van der Waals surface area contributed by atoms with Gasteiger partial charge in [-0.15, -0.1) is 0 Å². The summed E-state index contributed by atoms with van der Waals surface area (Å²) in [6.07, 6.45) is 1.91. The molecule has 1 aromatic heterocycles. The number of anilines is 1. The van der Waals surface area contributed by atoms with E-state index in [1.165, 1.54) is 7.05 Å². The Bertz CT molecular complexity index is 219.